The third-order valence-corrected chi connectivity index (χ3v) is 7.51. The van der Waals surface area contributed by atoms with Crippen molar-refractivity contribution in [1.29, 1.82) is 0 Å². The number of carbonyl (C=O) groups is 1. The zero-order chi connectivity index (χ0) is 17.2. The van der Waals surface area contributed by atoms with Gasteiger partial charge in [-0.2, -0.15) is 0 Å². The Kier molecular flexibility index (Phi) is 6.62. The smallest absolute Gasteiger partial charge is 0.263 e. The van der Waals surface area contributed by atoms with Crippen molar-refractivity contribution in [2.75, 3.05) is 26.7 Å². The van der Waals surface area contributed by atoms with Crippen molar-refractivity contribution < 1.29 is 13.2 Å². The highest BCUT2D eigenvalue weighted by atomic mass is 35.5. The summed E-state index contributed by atoms with van der Waals surface area (Å²) in [6.07, 6.45) is 0.979. The number of thiophene rings is 1. The Balaban J connectivity index is 0.00000225. The Morgan fingerprint density at radius 2 is 1.96 bits per heavy atom. The summed E-state index contributed by atoms with van der Waals surface area (Å²) in [5.41, 5.74) is 0. The molecule has 1 aliphatic rings. The largest absolute Gasteiger partial charge is 0.338 e. The molecule has 0 saturated carbocycles. The van der Waals surface area contributed by atoms with Gasteiger partial charge in [-0.1, -0.05) is 18.2 Å². The van der Waals surface area contributed by atoms with Crippen LogP contribution in [0.25, 0.3) is 0 Å². The maximum Gasteiger partial charge on any atom is 0.263 e. The number of likely N-dealkylation sites (tertiary alicyclic amines) is 1. The number of hydrogen-bond donors (Lipinski definition) is 1. The van der Waals surface area contributed by atoms with Gasteiger partial charge in [0.05, 0.1) is 9.77 Å². The summed E-state index contributed by atoms with van der Waals surface area (Å²) < 4.78 is 25.4. The monoisotopic (exact) mass is 400 g/mol. The summed E-state index contributed by atoms with van der Waals surface area (Å²) in [6, 6.07) is 11.4. The van der Waals surface area contributed by atoms with Gasteiger partial charge in [0.15, 0.2) is 0 Å². The van der Waals surface area contributed by atoms with Crippen LogP contribution in [-0.4, -0.2) is 45.9 Å². The number of nitrogens with zero attached hydrogens (tertiary/aromatic N) is 1. The van der Waals surface area contributed by atoms with Gasteiger partial charge in [-0.3, -0.25) is 4.79 Å². The first kappa shape index (κ1) is 19.9. The first-order chi connectivity index (χ1) is 11.5. The maximum absolute atomic E-state index is 12.6. The van der Waals surface area contributed by atoms with Gasteiger partial charge in [0.1, 0.15) is 4.21 Å². The van der Waals surface area contributed by atoms with Gasteiger partial charge in [-0.25, -0.2) is 8.42 Å². The Morgan fingerprint density at radius 1 is 1.24 bits per heavy atom. The Hall–Kier alpha value is -1.41. The van der Waals surface area contributed by atoms with E-state index in [9.17, 15) is 13.2 Å². The molecule has 136 valence electrons. The molecule has 25 heavy (non-hydrogen) atoms. The number of sulfone groups is 1. The van der Waals surface area contributed by atoms with Crippen molar-refractivity contribution in [3.8, 4) is 0 Å². The van der Waals surface area contributed by atoms with Crippen molar-refractivity contribution in [2.45, 2.75) is 15.5 Å². The van der Waals surface area contributed by atoms with Gasteiger partial charge in [-0.15, -0.1) is 23.7 Å². The molecule has 3 rings (SSSR count). The molecular weight excluding hydrogens is 380 g/mol. The number of nitrogens with one attached hydrogen (secondary N) is 1. The maximum atomic E-state index is 12.6. The normalized spacial score (nSPS) is 17.3. The molecule has 1 atom stereocenters. The summed E-state index contributed by atoms with van der Waals surface area (Å²) in [5, 5.41) is 3.14. The van der Waals surface area contributed by atoms with Crippen LogP contribution < -0.4 is 5.32 Å². The molecule has 1 unspecified atom stereocenters. The van der Waals surface area contributed by atoms with Crippen LogP contribution in [0.2, 0.25) is 0 Å². The second kappa shape index (κ2) is 8.31. The minimum absolute atomic E-state index is 0. The van der Waals surface area contributed by atoms with Crippen LogP contribution in [0.1, 0.15) is 16.1 Å². The molecule has 5 nitrogen and oxygen atoms in total. The van der Waals surface area contributed by atoms with Gasteiger partial charge in [0, 0.05) is 13.1 Å². The zero-order valence-corrected chi connectivity index (χ0v) is 16.3. The number of benzene rings is 1. The summed E-state index contributed by atoms with van der Waals surface area (Å²) in [7, 11) is -1.65. The lowest BCUT2D eigenvalue weighted by atomic mass is 10.1. The van der Waals surface area contributed by atoms with Crippen molar-refractivity contribution in [3.05, 3.63) is 47.3 Å². The molecule has 2 aromatic rings. The summed E-state index contributed by atoms with van der Waals surface area (Å²) in [6.45, 7) is 2.34. The van der Waals surface area contributed by atoms with E-state index in [0.717, 1.165) is 37.4 Å². The highest BCUT2D eigenvalue weighted by Gasteiger charge is 2.28. The molecule has 1 N–H and O–H groups in total. The summed E-state index contributed by atoms with van der Waals surface area (Å²) in [4.78, 5) is 15.1. The first-order valence-corrected chi connectivity index (χ1v) is 10.2. The number of hydrogen-bond acceptors (Lipinski definition) is 5. The molecule has 0 aliphatic carbocycles. The first-order valence-electron chi connectivity index (χ1n) is 7.86. The molecule has 1 amide bonds. The fourth-order valence-electron chi connectivity index (χ4n) is 2.92. The van der Waals surface area contributed by atoms with Crippen LogP contribution in [0.4, 0.5) is 0 Å². The van der Waals surface area contributed by atoms with Gasteiger partial charge in [-0.05, 0) is 50.2 Å². The third kappa shape index (κ3) is 4.23. The molecule has 1 aromatic carbocycles. The molecular formula is C17H21ClN2O3S2. The van der Waals surface area contributed by atoms with Crippen molar-refractivity contribution in [3.63, 3.8) is 0 Å². The highest BCUT2D eigenvalue weighted by Crippen LogP contribution is 2.29. The second-order valence-corrected chi connectivity index (χ2v) is 9.16. The van der Waals surface area contributed by atoms with Crippen LogP contribution in [-0.2, 0) is 9.84 Å². The molecule has 1 aliphatic heterocycles. The summed E-state index contributed by atoms with van der Waals surface area (Å²) >= 11 is 1.05. The second-order valence-electron chi connectivity index (χ2n) is 5.90. The van der Waals surface area contributed by atoms with Gasteiger partial charge < -0.3 is 10.2 Å². The van der Waals surface area contributed by atoms with E-state index in [0.29, 0.717) is 10.8 Å². The Morgan fingerprint density at radius 3 is 2.64 bits per heavy atom. The van der Waals surface area contributed by atoms with Crippen molar-refractivity contribution in [2.24, 2.45) is 5.92 Å². The minimum atomic E-state index is -3.56. The van der Waals surface area contributed by atoms with Crippen LogP contribution in [0.3, 0.4) is 0 Å². The van der Waals surface area contributed by atoms with Gasteiger partial charge in [0.25, 0.3) is 5.91 Å². The van der Waals surface area contributed by atoms with E-state index in [2.05, 4.69) is 5.32 Å². The minimum Gasteiger partial charge on any atom is -0.338 e. The molecule has 2 heterocycles. The highest BCUT2D eigenvalue weighted by molar-refractivity contribution is 7.93. The molecule has 0 spiro atoms. The van der Waals surface area contributed by atoms with E-state index in [1.807, 2.05) is 11.9 Å². The van der Waals surface area contributed by atoms with Crippen molar-refractivity contribution >= 4 is 39.5 Å². The van der Waals surface area contributed by atoms with E-state index >= 15 is 0 Å². The van der Waals surface area contributed by atoms with Gasteiger partial charge >= 0.3 is 0 Å². The quantitative estimate of drug-likeness (QED) is 0.837. The van der Waals surface area contributed by atoms with E-state index in [-0.39, 0.29) is 27.4 Å². The molecule has 0 bridgehead atoms. The molecule has 1 saturated heterocycles. The lowest BCUT2D eigenvalue weighted by Crippen LogP contribution is -2.29. The van der Waals surface area contributed by atoms with Crippen LogP contribution in [0.15, 0.2) is 51.6 Å². The Bertz CT molecular complexity index is 821. The van der Waals surface area contributed by atoms with E-state index in [1.165, 1.54) is 6.07 Å². The SMILES string of the molecule is CNCC1CCN(C(=O)c2ccc(S(=O)(=O)c3ccccc3)s2)C1.Cl. The topological polar surface area (TPSA) is 66.5 Å². The predicted molar refractivity (Wildman–Crippen MR) is 101 cm³/mol. The molecule has 0 radical (unpaired) electrons. The van der Waals surface area contributed by atoms with Gasteiger partial charge in [0.2, 0.25) is 9.84 Å². The van der Waals surface area contributed by atoms with Crippen LogP contribution >= 0.6 is 23.7 Å². The number of carbonyl (C=O) groups excluding carboxylic acids is 1. The summed E-state index contributed by atoms with van der Waals surface area (Å²) in [5.74, 6) is 0.388. The fraction of sp³-hybridized carbons (Fsp3) is 0.353. The van der Waals surface area contributed by atoms with E-state index in [4.69, 9.17) is 0 Å². The molecule has 1 aromatic heterocycles. The average Bonchev–Trinajstić information content (AvgIpc) is 3.25. The number of amides is 1. The third-order valence-electron chi connectivity index (χ3n) is 4.18. The standard InChI is InChI=1S/C17H20N2O3S2.ClH/c1-18-11-13-9-10-19(12-13)17(20)15-7-8-16(23-15)24(21,22)14-5-3-2-4-6-14;/h2-8,13,18H,9-12H2,1H3;1H. The lowest BCUT2D eigenvalue weighted by Gasteiger charge is -2.15. The number of halogens is 1. The van der Waals surface area contributed by atoms with E-state index < -0.39 is 9.84 Å². The van der Waals surface area contributed by atoms with Crippen LogP contribution in [0, 0.1) is 5.92 Å². The fourth-order valence-corrected chi connectivity index (χ4v) is 5.62. The number of rotatable bonds is 5. The average molecular weight is 401 g/mol. The molecule has 8 heteroatoms. The molecule has 1 fully saturated rings. The Labute approximate surface area is 158 Å². The van der Waals surface area contributed by atoms with E-state index in [1.54, 1.807) is 36.4 Å². The zero-order valence-electron chi connectivity index (χ0n) is 13.8. The van der Waals surface area contributed by atoms with Crippen LogP contribution in [0.5, 0.6) is 0 Å². The van der Waals surface area contributed by atoms with Crippen molar-refractivity contribution in [1.82, 2.24) is 10.2 Å². The lowest BCUT2D eigenvalue weighted by molar-refractivity contribution is 0.0792. The predicted octanol–water partition coefficient (Wildman–Crippen LogP) is 2.68.